The van der Waals surface area contributed by atoms with Gasteiger partial charge in [0.2, 0.25) is 0 Å². The maximum atomic E-state index is 13.0. The highest BCUT2D eigenvalue weighted by molar-refractivity contribution is 6.25. The zero-order chi connectivity index (χ0) is 18.1. The summed E-state index contributed by atoms with van der Waals surface area (Å²) in [5.74, 6) is 0.181. The molecule has 2 heterocycles. The van der Waals surface area contributed by atoms with Crippen molar-refractivity contribution in [2.45, 2.75) is 6.42 Å². The van der Waals surface area contributed by atoms with Crippen molar-refractivity contribution >= 4 is 22.6 Å². The molecule has 0 radical (unpaired) electrons. The zero-order valence-electron chi connectivity index (χ0n) is 14.9. The SMILES string of the molecule is COc1cc2c3c(cccc3c1)C(=O)N(CCCN1CCOCC1)C2=O. The quantitative estimate of drug-likeness (QED) is 0.770. The Labute approximate surface area is 152 Å². The first-order valence-electron chi connectivity index (χ1n) is 8.96. The van der Waals surface area contributed by atoms with Crippen LogP contribution in [0.1, 0.15) is 27.1 Å². The molecule has 0 aromatic heterocycles. The molecule has 0 saturated carbocycles. The minimum absolute atomic E-state index is 0.208. The van der Waals surface area contributed by atoms with E-state index >= 15 is 0 Å². The summed E-state index contributed by atoms with van der Waals surface area (Å²) in [4.78, 5) is 29.5. The predicted octanol–water partition coefficient (Wildman–Crippen LogP) is 2.17. The molecule has 6 nitrogen and oxygen atoms in total. The van der Waals surface area contributed by atoms with Crippen LogP contribution in [-0.2, 0) is 4.74 Å². The van der Waals surface area contributed by atoms with Gasteiger partial charge in [-0.2, -0.15) is 0 Å². The number of ether oxygens (including phenoxy) is 2. The molecule has 1 saturated heterocycles. The van der Waals surface area contributed by atoms with E-state index in [1.165, 1.54) is 4.90 Å². The van der Waals surface area contributed by atoms with Gasteiger partial charge in [0, 0.05) is 37.1 Å². The lowest BCUT2D eigenvalue weighted by atomic mass is 9.93. The molecule has 2 aliphatic heterocycles. The van der Waals surface area contributed by atoms with Crippen molar-refractivity contribution in [3.05, 3.63) is 41.5 Å². The minimum atomic E-state index is -0.237. The Bertz CT molecular complexity index is 858. The minimum Gasteiger partial charge on any atom is -0.497 e. The van der Waals surface area contributed by atoms with Gasteiger partial charge < -0.3 is 9.47 Å². The Morgan fingerprint density at radius 3 is 2.58 bits per heavy atom. The van der Waals surface area contributed by atoms with E-state index in [1.807, 2.05) is 18.2 Å². The molecular formula is C20H22N2O4. The average Bonchev–Trinajstić information content (AvgIpc) is 2.69. The van der Waals surface area contributed by atoms with E-state index in [9.17, 15) is 9.59 Å². The lowest BCUT2D eigenvalue weighted by Gasteiger charge is -2.30. The molecular weight excluding hydrogens is 332 g/mol. The standard InChI is InChI=1S/C20H22N2O4/c1-25-15-12-14-4-2-5-16-18(14)17(13-15)20(24)22(19(16)23)7-3-6-21-8-10-26-11-9-21/h2,4-5,12-13H,3,6-11H2,1H3. The van der Waals surface area contributed by atoms with Gasteiger partial charge in [0.1, 0.15) is 5.75 Å². The van der Waals surface area contributed by atoms with E-state index in [0.29, 0.717) is 23.4 Å². The van der Waals surface area contributed by atoms with E-state index in [0.717, 1.165) is 50.0 Å². The maximum absolute atomic E-state index is 13.0. The molecule has 26 heavy (non-hydrogen) atoms. The Morgan fingerprint density at radius 1 is 1.04 bits per heavy atom. The third-order valence-corrected chi connectivity index (χ3v) is 5.10. The van der Waals surface area contributed by atoms with Crippen LogP contribution in [0, 0.1) is 0 Å². The summed E-state index contributed by atoms with van der Waals surface area (Å²) < 4.78 is 10.7. The molecule has 0 spiro atoms. The van der Waals surface area contributed by atoms with Crippen molar-refractivity contribution in [2.24, 2.45) is 0 Å². The largest absolute Gasteiger partial charge is 0.497 e. The van der Waals surface area contributed by atoms with Crippen molar-refractivity contribution in [2.75, 3.05) is 46.5 Å². The summed E-state index contributed by atoms with van der Waals surface area (Å²) in [6.45, 7) is 4.58. The number of carbonyl (C=O) groups is 2. The van der Waals surface area contributed by atoms with Crippen LogP contribution >= 0.6 is 0 Å². The molecule has 0 unspecified atom stereocenters. The fraction of sp³-hybridized carbons (Fsp3) is 0.400. The normalized spacial score (nSPS) is 17.8. The van der Waals surface area contributed by atoms with Gasteiger partial charge in [0.05, 0.1) is 25.9 Å². The van der Waals surface area contributed by atoms with Crippen molar-refractivity contribution in [3.8, 4) is 5.75 Å². The second-order valence-electron chi connectivity index (χ2n) is 6.65. The number of hydrogen-bond acceptors (Lipinski definition) is 5. The highest BCUT2D eigenvalue weighted by Crippen LogP contribution is 2.33. The molecule has 2 aliphatic rings. The second-order valence-corrected chi connectivity index (χ2v) is 6.65. The van der Waals surface area contributed by atoms with Crippen LogP contribution in [0.5, 0.6) is 5.75 Å². The Hall–Kier alpha value is -2.44. The topological polar surface area (TPSA) is 59.1 Å². The smallest absolute Gasteiger partial charge is 0.261 e. The number of methoxy groups -OCH3 is 1. The third kappa shape index (κ3) is 2.95. The monoisotopic (exact) mass is 354 g/mol. The van der Waals surface area contributed by atoms with E-state index in [-0.39, 0.29) is 11.8 Å². The van der Waals surface area contributed by atoms with Crippen LogP contribution in [0.4, 0.5) is 0 Å². The predicted molar refractivity (Wildman–Crippen MR) is 97.7 cm³/mol. The van der Waals surface area contributed by atoms with Crippen LogP contribution in [0.3, 0.4) is 0 Å². The van der Waals surface area contributed by atoms with Crippen molar-refractivity contribution in [3.63, 3.8) is 0 Å². The molecule has 0 atom stereocenters. The summed E-state index contributed by atoms with van der Waals surface area (Å²) in [5.41, 5.74) is 1.13. The van der Waals surface area contributed by atoms with Crippen LogP contribution in [0.2, 0.25) is 0 Å². The van der Waals surface area contributed by atoms with Crippen molar-refractivity contribution < 1.29 is 19.1 Å². The number of amides is 2. The van der Waals surface area contributed by atoms with Gasteiger partial charge >= 0.3 is 0 Å². The number of nitrogens with zero attached hydrogens (tertiary/aromatic N) is 2. The van der Waals surface area contributed by atoms with E-state index in [4.69, 9.17) is 9.47 Å². The number of carbonyl (C=O) groups excluding carboxylic acids is 2. The number of imide groups is 1. The highest BCUT2D eigenvalue weighted by atomic mass is 16.5. The molecule has 2 aromatic rings. The van der Waals surface area contributed by atoms with Crippen LogP contribution in [0.25, 0.3) is 10.8 Å². The van der Waals surface area contributed by atoms with Gasteiger partial charge in [0.15, 0.2) is 0 Å². The molecule has 1 fully saturated rings. The lowest BCUT2D eigenvalue weighted by Crippen LogP contribution is -2.43. The lowest BCUT2D eigenvalue weighted by molar-refractivity contribution is 0.0352. The molecule has 2 amide bonds. The summed E-state index contributed by atoms with van der Waals surface area (Å²) in [6, 6.07) is 9.13. The van der Waals surface area contributed by atoms with Crippen LogP contribution in [-0.4, -0.2) is 68.1 Å². The van der Waals surface area contributed by atoms with Gasteiger partial charge in [-0.15, -0.1) is 0 Å². The Morgan fingerprint density at radius 2 is 1.81 bits per heavy atom. The first kappa shape index (κ1) is 17.0. The molecule has 4 rings (SSSR count). The molecule has 0 bridgehead atoms. The van der Waals surface area contributed by atoms with Gasteiger partial charge in [-0.25, -0.2) is 0 Å². The first-order chi connectivity index (χ1) is 12.7. The Kier molecular flexibility index (Phi) is 4.61. The van der Waals surface area contributed by atoms with Gasteiger partial charge in [-0.05, 0) is 30.0 Å². The highest BCUT2D eigenvalue weighted by Gasteiger charge is 2.33. The summed E-state index contributed by atoms with van der Waals surface area (Å²) in [7, 11) is 1.58. The molecule has 136 valence electrons. The van der Waals surface area contributed by atoms with Crippen LogP contribution in [0.15, 0.2) is 30.3 Å². The van der Waals surface area contributed by atoms with E-state index in [2.05, 4.69) is 4.90 Å². The number of rotatable bonds is 5. The van der Waals surface area contributed by atoms with Crippen LogP contribution < -0.4 is 4.74 Å². The molecule has 2 aromatic carbocycles. The maximum Gasteiger partial charge on any atom is 0.261 e. The molecule has 6 heteroatoms. The first-order valence-corrected chi connectivity index (χ1v) is 8.96. The number of benzene rings is 2. The summed E-state index contributed by atoms with van der Waals surface area (Å²) >= 11 is 0. The summed E-state index contributed by atoms with van der Waals surface area (Å²) in [6.07, 6.45) is 0.757. The molecule has 0 N–H and O–H groups in total. The zero-order valence-corrected chi connectivity index (χ0v) is 14.9. The number of morpholine rings is 1. The van der Waals surface area contributed by atoms with Gasteiger partial charge in [0.25, 0.3) is 11.8 Å². The van der Waals surface area contributed by atoms with Gasteiger partial charge in [-0.1, -0.05) is 12.1 Å². The fourth-order valence-electron chi connectivity index (χ4n) is 3.73. The van der Waals surface area contributed by atoms with Crippen molar-refractivity contribution in [1.29, 1.82) is 0 Å². The molecule has 0 aliphatic carbocycles. The Balaban J connectivity index is 1.58. The van der Waals surface area contributed by atoms with E-state index in [1.54, 1.807) is 19.2 Å². The van der Waals surface area contributed by atoms with Crippen molar-refractivity contribution in [1.82, 2.24) is 9.80 Å². The third-order valence-electron chi connectivity index (χ3n) is 5.10. The summed E-state index contributed by atoms with van der Waals surface area (Å²) in [5, 5.41) is 1.58. The fourth-order valence-corrected chi connectivity index (χ4v) is 3.73. The second kappa shape index (κ2) is 7.05. The number of hydrogen-bond donors (Lipinski definition) is 0. The average molecular weight is 354 g/mol. The van der Waals surface area contributed by atoms with E-state index < -0.39 is 0 Å². The van der Waals surface area contributed by atoms with Gasteiger partial charge in [-0.3, -0.25) is 19.4 Å².